The Labute approximate surface area is 114 Å². The molecule has 0 bridgehead atoms. The van der Waals surface area contributed by atoms with Gasteiger partial charge in [0.15, 0.2) is 5.82 Å². The third kappa shape index (κ3) is 2.42. The molecule has 0 aromatic carbocycles. The molecule has 0 atom stereocenters. The van der Waals surface area contributed by atoms with E-state index < -0.39 is 0 Å². The van der Waals surface area contributed by atoms with Gasteiger partial charge in [-0.25, -0.2) is 0 Å². The lowest BCUT2D eigenvalue weighted by atomic mass is 9.68. The van der Waals surface area contributed by atoms with Crippen molar-refractivity contribution in [2.45, 2.75) is 44.9 Å². The summed E-state index contributed by atoms with van der Waals surface area (Å²) in [6.07, 6.45) is 11.1. The molecule has 2 aliphatic rings. The van der Waals surface area contributed by atoms with Gasteiger partial charge in [-0.3, -0.25) is 0 Å². The molecule has 1 saturated heterocycles. The van der Waals surface area contributed by atoms with Crippen molar-refractivity contribution in [1.29, 1.82) is 5.26 Å². The molecule has 4 heteroatoms. The third-order valence-corrected chi connectivity index (χ3v) is 4.86. The lowest BCUT2D eigenvalue weighted by Crippen LogP contribution is -2.41. The van der Waals surface area contributed by atoms with Crippen LogP contribution in [0.4, 0.5) is 5.82 Å². The Morgan fingerprint density at radius 3 is 2.53 bits per heavy atom. The van der Waals surface area contributed by atoms with Crippen molar-refractivity contribution in [3.63, 3.8) is 0 Å². The first-order valence-electron chi connectivity index (χ1n) is 7.30. The second-order valence-electron chi connectivity index (χ2n) is 5.93. The van der Waals surface area contributed by atoms with Gasteiger partial charge in [0.2, 0.25) is 0 Å². The Morgan fingerprint density at radius 1 is 1.11 bits per heavy atom. The minimum atomic E-state index is 0.587. The topological polar surface area (TPSA) is 52.8 Å². The predicted octanol–water partition coefficient (Wildman–Crippen LogP) is 2.90. The van der Waals surface area contributed by atoms with Crippen LogP contribution in [-0.4, -0.2) is 23.3 Å². The largest absolute Gasteiger partial charge is 0.354 e. The molecule has 19 heavy (non-hydrogen) atoms. The van der Waals surface area contributed by atoms with Gasteiger partial charge in [-0.05, 0) is 37.2 Å². The van der Waals surface area contributed by atoms with Crippen LogP contribution < -0.4 is 4.90 Å². The van der Waals surface area contributed by atoms with Crippen molar-refractivity contribution in [2.75, 3.05) is 18.0 Å². The van der Waals surface area contributed by atoms with Crippen molar-refractivity contribution < 1.29 is 0 Å². The lowest BCUT2D eigenvalue weighted by molar-refractivity contribution is 0.144. The van der Waals surface area contributed by atoms with Gasteiger partial charge in [-0.2, -0.15) is 10.4 Å². The van der Waals surface area contributed by atoms with Crippen LogP contribution in [0, 0.1) is 16.7 Å². The van der Waals surface area contributed by atoms with Crippen LogP contribution in [0.25, 0.3) is 0 Å². The van der Waals surface area contributed by atoms with E-state index in [1.54, 1.807) is 12.3 Å². The summed E-state index contributed by atoms with van der Waals surface area (Å²) < 4.78 is 0. The number of aromatic nitrogens is 2. The summed E-state index contributed by atoms with van der Waals surface area (Å²) in [6.45, 7) is 2.04. The number of hydrogen-bond donors (Lipinski definition) is 0. The Kier molecular flexibility index (Phi) is 3.37. The Hall–Kier alpha value is -1.63. The summed E-state index contributed by atoms with van der Waals surface area (Å²) in [7, 11) is 0. The van der Waals surface area contributed by atoms with E-state index in [0.29, 0.717) is 11.0 Å². The highest BCUT2D eigenvalue weighted by atomic mass is 15.3. The monoisotopic (exact) mass is 256 g/mol. The van der Waals surface area contributed by atoms with E-state index in [1.807, 2.05) is 0 Å². The molecule has 2 fully saturated rings. The van der Waals surface area contributed by atoms with Crippen molar-refractivity contribution in [2.24, 2.45) is 5.41 Å². The highest BCUT2D eigenvalue weighted by molar-refractivity contribution is 5.52. The van der Waals surface area contributed by atoms with Gasteiger partial charge >= 0.3 is 0 Å². The molecule has 1 spiro atoms. The van der Waals surface area contributed by atoms with E-state index in [-0.39, 0.29) is 0 Å². The van der Waals surface area contributed by atoms with Gasteiger partial charge in [0.1, 0.15) is 6.07 Å². The highest BCUT2D eigenvalue weighted by Crippen LogP contribution is 2.45. The van der Waals surface area contributed by atoms with E-state index in [4.69, 9.17) is 5.26 Å². The standard InChI is InChI=1S/C15H20N4/c16-12-13-4-9-17-18-14(13)19-10-7-15(8-11-19)5-2-1-3-6-15/h4,9H,1-3,5-8,10-11H2. The van der Waals surface area contributed by atoms with Crippen molar-refractivity contribution in [3.8, 4) is 6.07 Å². The Bertz CT molecular complexity index is 475. The molecule has 1 saturated carbocycles. The smallest absolute Gasteiger partial charge is 0.169 e. The van der Waals surface area contributed by atoms with Gasteiger partial charge in [-0.15, -0.1) is 5.10 Å². The summed E-state index contributed by atoms with van der Waals surface area (Å²) in [6, 6.07) is 3.98. The van der Waals surface area contributed by atoms with Crippen LogP contribution in [0.5, 0.6) is 0 Å². The molecule has 1 aliphatic carbocycles. The van der Waals surface area contributed by atoms with E-state index in [1.165, 1.54) is 44.9 Å². The first-order valence-corrected chi connectivity index (χ1v) is 7.30. The summed E-state index contributed by atoms with van der Waals surface area (Å²) in [4.78, 5) is 2.24. The van der Waals surface area contributed by atoms with Crippen LogP contribution in [0.2, 0.25) is 0 Å². The van der Waals surface area contributed by atoms with E-state index in [9.17, 15) is 0 Å². The molecule has 1 aromatic heterocycles. The van der Waals surface area contributed by atoms with Crippen LogP contribution in [0.1, 0.15) is 50.5 Å². The second kappa shape index (κ2) is 5.16. The maximum atomic E-state index is 9.15. The van der Waals surface area contributed by atoms with Crippen LogP contribution in [-0.2, 0) is 0 Å². The van der Waals surface area contributed by atoms with Gasteiger partial charge in [0, 0.05) is 13.1 Å². The van der Waals surface area contributed by atoms with Crippen molar-refractivity contribution in [3.05, 3.63) is 17.8 Å². The summed E-state index contributed by atoms with van der Waals surface area (Å²) in [5, 5.41) is 17.2. The summed E-state index contributed by atoms with van der Waals surface area (Å²) in [5.74, 6) is 0.774. The van der Waals surface area contributed by atoms with Crippen LogP contribution in [0.15, 0.2) is 12.3 Å². The number of piperidine rings is 1. The summed E-state index contributed by atoms with van der Waals surface area (Å²) >= 11 is 0. The maximum absolute atomic E-state index is 9.15. The average molecular weight is 256 g/mol. The fourth-order valence-electron chi connectivity index (χ4n) is 3.64. The minimum absolute atomic E-state index is 0.587. The zero-order valence-electron chi connectivity index (χ0n) is 11.3. The normalized spacial score (nSPS) is 22.2. The number of hydrogen-bond acceptors (Lipinski definition) is 4. The quantitative estimate of drug-likeness (QED) is 0.775. The fraction of sp³-hybridized carbons (Fsp3) is 0.667. The zero-order valence-corrected chi connectivity index (χ0v) is 11.3. The molecule has 0 amide bonds. The Balaban J connectivity index is 1.71. The van der Waals surface area contributed by atoms with Crippen LogP contribution >= 0.6 is 0 Å². The average Bonchev–Trinajstić information content (AvgIpc) is 2.49. The molecule has 1 aliphatic heterocycles. The predicted molar refractivity (Wildman–Crippen MR) is 73.7 cm³/mol. The third-order valence-electron chi connectivity index (χ3n) is 4.86. The van der Waals surface area contributed by atoms with Crippen LogP contribution in [0.3, 0.4) is 0 Å². The van der Waals surface area contributed by atoms with E-state index in [2.05, 4.69) is 21.2 Å². The maximum Gasteiger partial charge on any atom is 0.169 e. The molecule has 1 aromatic rings. The number of nitrogens with zero attached hydrogens (tertiary/aromatic N) is 4. The number of anilines is 1. The number of nitriles is 1. The molecular weight excluding hydrogens is 236 g/mol. The Morgan fingerprint density at radius 2 is 1.84 bits per heavy atom. The molecule has 4 nitrogen and oxygen atoms in total. The molecule has 2 heterocycles. The zero-order chi connectivity index (χ0) is 13.1. The van der Waals surface area contributed by atoms with E-state index >= 15 is 0 Å². The first-order chi connectivity index (χ1) is 9.33. The minimum Gasteiger partial charge on any atom is -0.354 e. The van der Waals surface area contributed by atoms with Crippen molar-refractivity contribution in [1.82, 2.24) is 10.2 Å². The fourth-order valence-corrected chi connectivity index (χ4v) is 3.64. The molecular formula is C15H20N4. The van der Waals surface area contributed by atoms with Gasteiger partial charge in [-0.1, -0.05) is 19.3 Å². The molecule has 0 unspecified atom stereocenters. The van der Waals surface area contributed by atoms with Gasteiger partial charge in [0.05, 0.1) is 11.8 Å². The highest BCUT2D eigenvalue weighted by Gasteiger charge is 2.36. The number of rotatable bonds is 1. The van der Waals surface area contributed by atoms with Gasteiger partial charge < -0.3 is 4.90 Å². The SMILES string of the molecule is N#Cc1ccnnc1N1CCC2(CCCCC2)CC1. The van der Waals surface area contributed by atoms with Crippen molar-refractivity contribution >= 4 is 5.82 Å². The molecule has 0 radical (unpaired) electrons. The molecule has 100 valence electrons. The summed E-state index contributed by atoms with van der Waals surface area (Å²) in [5.41, 5.74) is 1.23. The molecule has 0 N–H and O–H groups in total. The first kappa shape index (κ1) is 12.4. The van der Waals surface area contributed by atoms with Gasteiger partial charge in [0.25, 0.3) is 0 Å². The van der Waals surface area contributed by atoms with E-state index in [0.717, 1.165) is 18.9 Å². The second-order valence-corrected chi connectivity index (χ2v) is 5.93. The molecule has 3 rings (SSSR count). The lowest BCUT2D eigenvalue weighted by Gasteiger charge is -2.44.